The Morgan fingerprint density at radius 3 is 2.65 bits per heavy atom. The molecule has 1 aromatic rings. The second-order valence-corrected chi connectivity index (χ2v) is 5.01. The molecule has 0 aromatic heterocycles. The van der Waals surface area contributed by atoms with Crippen LogP contribution < -0.4 is 10.2 Å². The Morgan fingerprint density at radius 2 is 2.10 bits per heavy atom. The van der Waals surface area contributed by atoms with Crippen molar-refractivity contribution in [2.24, 2.45) is 5.92 Å². The predicted molar refractivity (Wildman–Crippen MR) is 72.4 cm³/mol. The number of urea groups is 1. The molecule has 0 bridgehead atoms. The van der Waals surface area contributed by atoms with E-state index in [1.807, 2.05) is 13.8 Å². The number of benzene rings is 1. The number of nitrogens with one attached hydrogen (secondary N) is 1. The van der Waals surface area contributed by atoms with Crippen molar-refractivity contribution < 1.29 is 14.5 Å². The lowest BCUT2D eigenvalue weighted by Crippen LogP contribution is -2.56. The van der Waals surface area contributed by atoms with Gasteiger partial charge >= 0.3 is 6.03 Å². The fourth-order valence-electron chi connectivity index (χ4n) is 2.08. The van der Waals surface area contributed by atoms with Gasteiger partial charge in [0, 0.05) is 24.6 Å². The molecule has 1 aromatic carbocycles. The minimum Gasteiger partial charge on any atom is -0.334 e. The lowest BCUT2D eigenvalue weighted by atomic mass is 9.98. The standard InChI is InChI=1S/C13H15N3O4/c1-8(2)11-7-12(17)15(13(18)14-11)9-4-3-5-10(6-9)16(19)20/h3-6,8,11H,7H2,1-2H3,(H,14,18). The van der Waals surface area contributed by atoms with Crippen LogP contribution in [0.5, 0.6) is 0 Å². The Hall–Kier alpha value is -2.44. The summed E-state index contributed by atoms with van der Waals surface area (Å²) in [6, 6.07) is 4.73. The Kier molecular flexibility index (Phi) is 3.69. The van der Waals surface area contributed by atoms with Gasteiger partial charge in [-0.05, 0) is 12.0 Å². The number of hydrogen-bond acceptors (Lipinski definition) is 4. The first-order chi connectivity index (χ1) is 9.40. The summed E-state index contributed by atoms with van der Waals surface area (Å²) in [7, 11) is 0. The second kappa shape index (κ2) is 5.28. The van der Waals surface area contributed by atoms with Gasteiger partial charge in [-0.3, -0.25) is 14.9 Å². The maximum atomic E-state index is 12.1. The van der Waals surface area contributed by atoms with Crippen LogP contribution in [0.3, 0.4) is 0 Å². The molecule has 1 saturated heterocycles. The van der Waals surface area contributed by atoms with Crippen LogP contribution in [0.1, 0.15) is 20.3 Å². The van der Waals surface area contributed by atoms with Gasteiger partial charge in [0.2, 0.25) is 5.91 Å². The van der Waals surface area contributed by atoms with Crippen LogP contribution in [0.25, 0.3) is 0 Å². The van der Waals surface area contributed by atoms with E-state index in [4.69, 9.17) is 0 Å². The maximum absolute atomic E-state index is 12.1. The third kappa shape index (κ3) is 2.61. The number of amides is 3. The number of nitrogens with zero attached hydrogens (tertiary/aromatic N) is 2. The average molecular weight is 277 g/mol. The van der Waals surface area contributed by atoms with Gasteiger partial charge in [-0.2, -0.15) is 0 Å². The summed E-state index contributed by atoms with van der Waals surface area (Å²) in [5.41, 5.74) is 0.0537. The van der Waals surface area contributed by atoms with E-state index in [2.05, 4.69) is 5.32 Å². The molecule has 20 heavy (non-hydrogen) atoms. The van der Waals surface area contributed by atoms with Gasteiger partial charge in [-0.15, -0.1) is 0 Å². The smallest absolute Gasteiger partial charge is 0.328 e. The average Bonchev–Trinajstić information content (AvgIpc) is 2.38. The van der Waals surface area contributed by atoms with Crippen molar-refractivity contribution in [3.05, 3.63) is 34.4 Å². The normalized spacial score (nSPS) is 19.1. The molecule has 0 saturated carbocycles. The first-order valence-corrected chi connectivity index (χ1v) is 6.28. The number of carbonyl (C=O) groups excluding carboxylic acids is 2. The largest absolute Gasteiger partial charge is 0.334 e. The lowest BCUT2D eigenvalue weighted by Gasteiger charge is -2.33. The van der Waals surface area contributed by atoms with Crippen LogP contribution >= 0.6 is 0 Å². The summed E-state index contributed by atoms with van der Waals surface area (Å²) in [6.45, 7) is 3.84. The van der Waals surface area contributed by atoms with Crippen LogP contribution in [0.4, 0.5) is 16.2 Å². The molecule has 1 heterocycles. The number of hydrogen-bond donors (Lipinski definition) is 1. The molecule has 1 atom stereocenters. The highest BCUT2D eigenvalue weighted by molar-refractivity contribution is 6.16. The second-order valence-electron chi connectivity index (χ2n) is 5.01. The molecular weight excluding hydrogens is 262 g/mol. The van der Waals surface area contributed by atoms with Crippen LogP contribution in [-0.2, 0) is 4.79 Å². The van der Waals surface area contributed by atoms with Gasteiger partial charge < -0.3 is 5.32 Å². The van der Waals surface area contributed by atoms with E-state index in [1.165, 1.54) is 24.3 Å². The van der Waals surface area contributed by atoms with E-state index < -0.39 is 11.0 Å². The molecule has 1 fully saturated rings. The summed E-state index contributed by atoms with van der Waals surface area (Å²) < 4.78 is 0. The summed E-state index contributed by atoms with van der Waals surface area (Å²) >= 11 is 0. The molecule has 7 nitrogen and oxygen atoms in total. The van der Waals surface area contributed by atoms with Gasteiger partial charge in [-0.25, -0.2) is 9.69 Å². The number of carbonyl (C=O) groups is 2. The predicted octanol–water partition coefficient (Wildman–Crippen LogP) is 2.07. The highest BCUT2D eigenvalue weighted by Crippen LogP contribution is 2.25. The summed E-state index contributed by atoms with van der Waals surface area (Å²) in [5.74, 6) is -0.205. The summed E-state index contributed by atoms with van der Waals surface area (Å²) in [5, 5.41) is 13.5. The number of nitro groups is 1. The monoisotopic (exact) mass is 277 g/mol. The molecule has 1 N–H and O–H groups in total. The topological polar surface area (TPSA) is 92.6 Å². The van der Waals surface area contributed by atoms with Crippen molar-refractivity contribution >= 4 is 23.3 Å². The van der Waals surface area contributed by atoms with Gasteiger partial charge in [-0.1, -0.05) is 19.9 Å². The van der Waals surface area contributed by atoms with Gasteiger partial charge in [0.25, 0.3) is 5.69 Å². The molecule has 0 aliphatic carbocycles. The fourth-order valence-corrected chi connectivity index (χ4v) is 2.08. The Bertz CT molecular complexity index is 552. The SMILES string of the molecule is CC(C)C1CC(=O)N(c2cccc([N+](=O)[O-])c2)C(=O)N1. The van der Waals surface area contributed by atoms with E-state index in [0.29, 0.717) is 0 Å². The highest BCUT2D eigenvalue weighted by atomic mass is 16.6. The molecule has 106 valence electrons. The molecular formula is C13H15N3O4. The van der Waals surface area contributed by atoms with E-state index in [-0.39, 0.29) is 35.7 Å². The number of nitro benzene ring substituents is 1. The lowest BCUT2D eigenvalue weighted by molar-refractivity contribution is -0.384. The highest BCUT2D eigenvalue weighted by Gasteiger charge is 2.34. The summed E-state index contributed by atoms with van der Waals surface area (Å²) in [4.78, 5) is 35.3. The summed E-state index contributed by atoms with van der Waals surface area (Å²) in [6.07, 6.45) is 0.187. The molecule has 1 aliphatic rings. The molecule has 3 amide bonds. The first kappa shape index (κ1) is 14.0. The number of non-ortho nitro benzene ring substituents is 1. The van der Waals surface area contributed by atoms with Gasteiger partial charge in [0.05, 0.1) is 10.6 Å². The zero-order valence-corrected chi connectivity index (χ0v) is 11.2. The Morgan fingerprint density at radius 1 is 1.40 bits per heavy atom. The zero-order valence-electron chi connectivity index (χ0n) is 11.2. The molecule has 7 heteroatoms. The van der Waals surface area contributed by atoms with E-state index in [9.17, 15) is 19.7 Å². The first-order valence-electron chi connectivity index (χ1n) is 6.28. The number of imide groups is 1. The molecule has 0 spiro atoms. The molecule has 0 radical (unpaired) electrons. The minimum atomic E-state index is -0.563. The maximum Gasteiger partial charge on any atom is 0.328 e. The van der Waals surface area contributed by atoms with Crippen molar-refractivity contribution in [1.29, 1.82) is 0 Å². The molecule has 1 unspecified atom stereocenters. The van der Waals surface area contributed by atoms with Crippen molar-refractivity contribution in [1.82, 2.24) is 5.32 Å². The zero-order chi connectivity index (χ0) is 14.9. The van der Waals surface area contributed by atoms with Gasteiger partial charge in [0.15, 0.2) is 0 Å². The van der Waals surface area contributed by atoms with E-state index >= 15 is 0 Å². The van der Waals surface area contributed by atoms with Crippen LogP contribution in [0.15, 0.2) is 24.3 Å². The van der Waals surface area contributed by atoms with Crippen molar-refractivity contribution in [3.8, 4) is 0 Å². The van der Waals surface area contributed by atoms with Gasteiger partial charge in [0.1, 0.15) is 0 Å². The Balaban J connectivity index is 2.29. The third-order valence-electron chi connectivity index (χ3n) is 3.26. The minimum absolute atomic E-state index is 0.148. The molecule has 2 rings (SSSR count). The number of anilines is 1. The quantitative estimate of drug-likeness (QED) is 0.676. The van der Waals surface area contributed by atoms with Crippen molar-refractivity contribution in [2.45, 2.75) is 26.3 Å². The van der Waals surface area contributed by atoms with Crippen molar-refractivity contribution in [2.75, 3.05) is 4.90 Å². The van der Waals surface area contributed by atoms with Crippen LogP contribution in [-0.4, -0.2) is 22.9 Å². The van der Waals surface area contributed by atoms with Crippen molar-refractivity contribution in [3.63, 3.8) is 0 Å². The van der Waals surface area contributed by atoms with E-state index in [0.717, 1.165) is 4.90 Å². The van der Waals surface area contributed by atoms with Crippen LogP contribution in [0.2, 0.25) is 0 Å². The Labute approximate surface area is 115 Å². The number of rotatable bonds is 3. The van der Waals surface area contributed by atoms with E-state index in [1.54, 1.807) is 0 Å². The van der Waals surface area contributed by atoms with Crippen LogP contribution in [0, 0.1) is 16.0 Å². The fraction of sp³-hybridized carbons (Fsp3) is 0.385. The third-order valence-corrected chi connectivity index (χ3v) is 3.26. The molecule has 1 aliphatic heterocycles.